The van der Waals surface area contributed by atoms with Crippen LogP contribution in [-0.2, 0) is 29.7 Å². The fourth-order valence-corrected chi connectivity index (χ4v) is 4.51. The minimum atomic E-state index is -0.752. The van der Waals surface area contributed by atoms with Crippen LogP contribution in [0.3, 0.4) is 0 Å². The number of hydrogen-bond donors (Lipinski definition) is 1. The first-order valence-corrected chi connectivity index (χ1v) is 12.1. The molecule has 3 aromatic rings. The van der Waals surface area contributed by atoms with Crippen molar-refractivity contribution in [1.82, 2.24) is 19.9 Å². The third-order valence-corrected chi connectivity index (χ3v) is 6.57. The van der Waals surface area contributed by atoms with Crippen LogP contribution < -0.4 is 4.74 Å². The fourth-order valence-electron chi connectivity index (χ4n) is 4.51. The van der Waals surface area contributed by atoms with Crippen molar-refractivity contribution in [1.29, 1.82) is 0 Å². The largest absolute Gasteiger partial charge is 0.490 e. The number of hydrogen-bond acceptors (Lipinski definition) is 6. The Morgan fingerprint density at radius 1 is 1.17 bits per heavy atom. The molecule has 4 rings (SSSR count). The maximum absolute atomic E-state index is 12.6. The molecule has 1 aliphatic rings. The van der Waals surface area contributed by atoms with Gasteiger partial charge in [0.2, 0.25) is 0 Å². The van der Waals surface area contributed by atoms with Gasteiger partial charge < -0.3 is 19.5 Å². The Bertz CT molecular complexity index is 1210. The van der Waals surface area contributed by atoms with E-state index >= 15 is 0 Å². The Labute approximate surface area is 210 Å². The summed E-state index contributed by atoms with van der Waals surface area (Å²) in [5.41, 5.74) is 4.09. The number of aryl methyl sites for hydroxylation is 2. The summed E-state index contributed by atoms with van der Waals surface area (Å²) in [6.45, 7) is 2.43. The molecule has 1 saturated carbocycles. The smallest absolute Gasteiger partial charge is 0.410 e. The maximum Gasteiger partial charge on any atom is 0.410 e. The van der Waals surface area contributed by atoms with E-state index in [0.717, 1.165) is 35.3 Å². The quantitative estimate of drug-likeness (QED) is 0.490. The first-order chi connectivity index (χ1) is 17.3. The molecule has 0 unspecified atom stereocenters. The first-order valence-electron chi connectivity index (χ1n) is 12.1. The number of carbonyl (C=O) groups is 2. The Morgan fingerprint density at radius 2 is 1.94 bits per heavy atom. The molecule has 2 atom stereocenters. The minimum Gasteiger partial charge on any atom is -0.490 e. The van der Waals surface area contributed by atoms with Crippen LogP contribution in [0.25, 0.3) is 11.3 Å². The molecule has 1 heterocycles. The number of amides is 1. The van der Waals surface area contributed by atoms with Gasteiger partial charge in [0.15, 0.2) is 0 Å². The minimum absolute atomic E-state index is 0.0345. The molecule has 1 aliphatic carbocycles. The number of nitrogens with zero attached hydrogens (tertiary/aromatic N) is 4. The lowest BCUT2D eigenvalue weighted by molar-refractivity contribution is -0.143. The highest BCUT2D eigenvalue weighted by Gasteiger charge is 2.28. The zero-order valence-electron chi connectivity index (χ0n) is 20.9. The first kappa shape index (κ1) is 25.2. The molecule has 0 spiro atoms. The number of carboxylic acid groups (broad SMARTS) is 1. The lowest BCUT2D eigenvalue weighted by Crippen LogP contribution is -2.29. The Balaban J connectivity index is 1.41. The van der Waals surface area contributed by atoms with Gasteiger partial charge >= 0.3 is 12.1 Å². The summed E-state index contributed by atoms with van der Waals surface area (Å²) in [5.74, 6) is -0.369. The van der Waals surface area contributed by atoms with Crippen molar-refractivity contribution >= 4 is 12.1 Å². The van der Waals surface area contributed by atoms with E-state index in [9.17, 15) is 14.7 Å². The lowest BCUT2D eigenvalue weighted by Gasteiger charge is -2.28. The molecule has 9 heteroatoms. The van der Waals surface area contributed by atoms with Gasteiger partial charge in [-0.05, 0) is 61.9 Å². The highest BCUT2D eigenvalue weighted by Crippen LogP contribution is 2.32. The van der Waals surface area contributed by atoms with Gasteiger partial charge in [-0.25, -0.2) is 9.48 Å². The second-order valence-corrected chi connectivity index (χ2v) is 9.33. The summed E-state index contributed by atoms with van der Waals surface area (Å²) >= 11 is 0. The van der Waals surface area contributed by atoms with Gasteiger partial charge in [0, 0.05) is 26.2 Å². The Kier molecular flexibility index (Phi) is 7.87. The third-order valence-electron chi connectivity index (χ3n) is 6.57. The van der Waals surface area contributed by atoms with Gasteiger partial charge in [0.05, 0.1) is 12.0 Å². The van der Waals surface area contributed by atoms with Gasteiger partial charge in [-0.15, -0.1) is 5.10 Å². The summed E-state index contributed by atoms with van der Waals surface area (Å²) in [4.78, 5) is 25.4. The van der Waals surface area contributed by atoms with Crippen molar-refractivity contribution in [2.24, 2.45) is 13.0 Å². The zero-order valence-corrected chi connectivity index (χ0v) is 20.9. The van der Waals surface area contributed by atoms with Crippen LogP contribution in [0, 0.1) is 12.8 Å². The van der Waals surface area contributed by atoms with Gasteiger partial charge in [-0.1, -0.05) is 35.5 Å². The Hall–Kier alpha value is -3.88. The van der Waals surface area contributed by atoms with Crippen LogP contribution in [0.4, 0.5) is 4.79 Å². The topological polar surface area (TPSA) is 107 Å². The van der Waals surface area contributed by atoms with E-state index in [1.165, 1.54) is 4.90 Å². The van der Waals surface area contributed by atoms with E-state index < -0.39 is 12.1 Å². The molecule has 1 aromatic heterocycles. The molecule has 0 saturated heterocycles. The number of carboxylic acids is 1. The van der Waals surface area contributed by atoms with E-state index in [2.05, 4.69) is 10.3 Å². The van der Waals surface area contributed by atoms with Gasteiger partial charge in [0.1, 0.15) is 23.7 Å². The van der Waals surface area contributed by atoms with Crippen LogP contribution >= 0.6 is 0 Å². The molecule has 1 fully saturated rings. The number of aromatic nitrogens is 3. The Morgan fingerprint density at radius 3 is 2.67 bits per heavy atom. The molecule has 1 amide bonds. The van der Waals surface area contributed by atoms with Crippen LogP contribution in [0.5, 0.6) is 5.75 Å². The standard InChI is InChI=1S/C27H32N4O5/c1-18-14-20(12-13-24(18)36-22-11-7-10-21(15-22)26(32)33)25-23(31(3)29-28-25)17-35-27(34)30(2)16-19-8-5-4-6-9-19/h4-6,8-9,12-14,21-22H,7,10-11,15-17H2,1-3H3,(H,32,33)/t21-,22-/m0/s1. The van der Waals surface area contributed by atoms with Crippen molar-refractivity contribution < 1.29 is 24.2 Å². The molecule has 0 aliphatic heterocycles. The highest BCUT2D eigenvalue weighted by atomic mass is 16.6. The van der Waals surface area contributed by atoms with Crippen molar-refractivity contribution in [3.63, 3.8) is 0 Å². The van der Waals surface area contributed by atoms with E-state index in [0.29, 0.717) is 30.8 Å². The average molecular weight is 493 g/mol. The maximum atomic E-state index is 12.6. The van der Waals surface area contributed by atoms with Crippen molar-refractivity contribution in [2.45, 2.75) is 51.9 Å². The van der Waals surface area contributed by atoms with E-state index in [-0.39, 0.29) is 18.6 Å². The van der Waals surface area contributed by atoms with E-state index in [1.807, 2.05) is 55.5 Å². The second-order valence-electron chi connectivity index (χ2n) is 9.33. The van der Waals surface area contributed by atoms with Crippen molar-refractivity contribution in [3.05, 3.63) is 65.4 Å². The van der Waals surface area contributed by atoms with Crippen LogP contribution in [-0.4, -0.2) is 50.2 Å². The molecule has 190 valence electrons. The normalized spacial score (nSPS) is 17.4. The molecule has 0 radical (unpaired) electrons. The number of carbonyl (C=O) groups excluding carboxylic acids is 1. The molecule has 0 bridgehead atoms. The molecule has 9 nitrogen and oxygen atoms in total. The molecule has 36 heavy (non-hydrogen) atoms. The highest BCUT2D eigenvalue weighted by molar-refractivity contribution is 5.70. The summed E-state index contributed by atoms with van der Waals surface area (Å²) in [6.07, 6.45) is 2.39. The number of aliphatic carboxylic acids is 1. The second kappa shape index (κ2) is 11.2. The fraction of sp³-hybridized carbons (Fsp3) is 0.407. The van der Waals surface area contributed by atoms with Crippen molar-refractivity contribution in [3.8, 4) is 17.0 Å². The van der Waals surface area contributed by atoms with Crippen LogP contribution in [0.2, 0.25) is 0 Å². The predicted octanol–water partition coefficient (Wildman–Crippen LogP) is 4.58. The molecule has 1 N–H and O–H groups in total. The average Bonchev–Trinajstić information content (AvgIpc) is 3.24. The lowest BCUT2D eigenvalue weighted by atomic mass is 9.87. The zero-order chi connectivity index (χ0) is 25.7. The van der Waals surface area contributed by atoms with E-state index in [4.69, 9.17) is 9.47 Å². The molecular weight excluding hydrogens is 460 g/mol. The predicted molar refractivity (Wildman–Crippen MR) is 133 cm³/mol. The van der Waals surface area contributed by atoms with Gasteiger partial charge in [0.25, 0.3) is 0 Å². The monoisotopic (exact) mass is 492 g/mol. The number of ether oxygens (including phenoxy) is 2. The summed E-state index contributed by atoms with van der Waals surface area (Å²) in [6, 6.07) is 15.5. The molecular formula is C27H32N4O5. The SMILES string of the molecule is Cc1cc(-c2nnn(C)c2COC(=O)N(C)Cc2ccccc2)ccc1O[C@H]1CCC[C@H](C(=O)O)C1. The summed E-state index contributed by atoms with van der Waals surface area (Å²) in [7, 11) is 3.46. The third kappa shape index (κ3) is 6.02. The molecule has 2 aromatic carbocycles. The van der Waals surface area contributed by atoms with Gasteiger partial charge in [-0.3, -0.25) is 4.79 Å². The summed E-state index contributed by atoms with van der Waals surface area (Å²) < 4.78 is 13.3. The summed E-state index contributed by atoms with van der Waals surface area (Å²) in [5, 5.41) is 17.8. The number of benzene rings is 2. The number of rotatable bonds is 8. The van der Waals surface area contributed by atoms with Crippen molar-refractivity contribution in [2.75, 3.05) is 7.05 Å². The van der Waals surface area contributed by atoms with Crippen LogP contribution in [0.15, 0.2) is 48.5 Å². The van der Waals surface area contributed by atoms with Crippen LogP contribution in [0.1, 0.15) is 42.5 Å². The van der Waals surface area contributed by atoms with Gasteiger partial charge in [-0.2, -0.15) is 0 Å². The van der Waals surface area contributed by atoms with E-state index in [1.54, 1.807) is 18.8 Å².